The number of carbonyl (C=O) groups excluding carboxylic acids is 1. The summed E-state index contributed by atoms with van der Waals surface area (Å²) in [6.45, 7) is 4.07. The maximum Gasteiger partial charge on any atom is 0.307 e. The Bertz CT molecular complexity index is 1830. The highest BCUT2D eigenvalue weighted by molar-refractivity contribution is 5.70. The van der Waals surface area contributed by atoms with E-state index < -0.39 is 36.6 Å². The van der Waals surface area contributed by atoms with Crippen LogP contribution in [0.1, 0.15) is 41.2 Å². The molecule has 1 heterocycles. The molecule has 0 aliphatic carbocycles. The molecule has 0 amide bonds. The van der Waals surface area contributed by atoms with Crippen molar-refractivity contribution >= 4 is 5.97 Å². The third kappa shape index (κ3) is 12.3. The predicted molar refractivity (Wildman–Crippen MR) is 215 cm³/mol. The molecule has 0 saturated carbocycles. The molecule has 1 aliphatic heterocycles. The summed E-state index contributed by atoms with van der Waals surface area (Å²) in [4.78, 5) is 13.3. The first-order valence-electron chi connectivity index (χ1n) is 19.3. The van der Waals surface area contributed by atoms with Crippen molar-refractivity contribution in [2.45, 2.75) is 82.9 Å². The zero-order valence-corrected chi connectivity index (χ0v) is 32.2. The lowest BCUT2D eigenvalue weighted by Crippen LogP contribution is -2.65. The molecule has 0 bridgehead atoms. The first-order chi connectivity index (χ1) is 27.6. The van der Waals surface area contributed by atoms with Gasteiger partial charge >= 0.3 is 5.97 Å². The summed E-state index contributed by atoms with van der Waals surface area (Å²) < 4.78 is 45.1. The van der Waals surface area contributed by atoms with Crippen LogP contribution in [-0.2, 0) is 66.2 Å². The van der Waals surface area contributed by atoms with Gasteiger partial charge in [-0.05, 0) is 46.9 Å². The highest BCUT2D eigenvalue weighted by atomic mass is 16.6. The SMILES string of the molecule is CCOC(=O)C[C@@H](NCc1ccc(OC)cc1)[C@@H]1O[C@H](COCc2ccccc2)[C@@H](OCc2ccccc2)[C@H](OCc2ccccc2)[C@H]1OCc1ccccc1. The zero-order valence-electron chi connectivity index (χ0n) is 32.2. The molecule has 6 rings (SSSR count). The molecule has 9 heteroatoms. The standard InChI is InChI=1S/C47H53NO8/c1-3-52-43(49)28-41(48-29-35-24-26-40(50-2)27-25-35)44-46(54-32-38-20-12-6-13-21-38)47(55-33-39-22-14-7-15-23-39)45(53-31-37-18-10-5-11-19-37)42(56-44)34-51-30-36-16-8-4-9-17-36/h4-27,41-42,44-48H,3,28-34H2,1-2H3/t41-,42-,44+,45-,46+,47+/m1/s1. The molecule has 1 saturated heterocycles. The number of hydrogen-bond acceptors (Lipinski definition) is 9. The van der Waals surface area contributed by atoms with Crippen molar-refractivity contribution in [2.75, 3.05) is 20.3 Å². The van der Waals surface area contributed by atoms with Crippen LogP contribution >= 0.6 is 0 Å². The predicted octanol–water partition coefficient (Wildman–Crippen LogP) is 7.85. The Balaban J connectivity index is 1.37. The highest BCUT2D eigenvalue weighted by Crippen LogP contribution is 2.33. The molecule has 1 fully saturated rings. The molecule has 0 unspecified atom stereocenters. The van der Waals surface area contributed by atoms with E-state index in [0.717, 1.165) is 33.6 Å². The first kappa shape index (κ1) is 40.8. The van der Waals surface area contributed by atoms with Crippen LogP contribution in [0.4, 0.5) is 0 Å². The Morgan fingerprint density at radius 2 is 1.09 bits per heavy atom. The zero-order chi connectivity index (χ0) is 38.8. The first-order valence-corrected chi connectivity index (χ1v) is 19.3. The summed E-state index contributed by atoms with van der Waals surface area (Å²) in [6.07, 6.45) is -3.12. The monoisotopic (exact) mass is 759 g/mol. The van der Waals surface area contributed by atoms with E-state index in [0.29, 0.717) is 33.0 Å². The van der Waals surface area contributed by atoms with Gasteiger partial charge in [-0.15, -0.1) is 0 Å². The summed E-state index contributed by atoms with van der Waals surface area (Å²) in [5.74, 6) is 0.423. The lowest BCUT2D eigenvalue weighted by atomic mass is 9.89. The minimum Gasteiger partial charge on any atom is -0.497 e. The van der Waals surface area contributed by atoms with Crippen LogP contribution in [-0.4, -0.2) is 62.9 Å². The second kappa shape index (κ2) is 22.0. The number of rotatable bonds is 21. The second-order valence-corrected chi connectivity index (χ2v) is 13.8. The molecule has 1 N–H and O–H groups in total. The largest absolute Gasteiger partial charge is 0.497 e. The fraction of sp³-hybridized carbons (Fsp3) is 0.340. The minimum atomic E-state index is -0.677. The van der Waals surface area contributed by atoms with Crippen molar-refractivity contribution < 1.29 is 38.0 Å². The Hall–Kier alpha value is -4.87. The van der Waals surface area contributed by atoms with Gasteiger partial charge in [0.25, 0.3) is 0 Å². The van der Waals surface area contributed by atoms with E-state index >= 15 is 0 Å². The summed E-state index contributed by atoms with van der Waals surface area (Å²) in [7, 11) is 1.64. The van der Waals surface area contributed by atoms with E-state index in [-0.39, 0.29) is 25.6 Å². The average molecular weight is 760 g/mol. The molecule has 0 spiro atoms. The maximum atomic E-state index is 13.3. The molecule has 1 aliphatic rings. The summed E-state index contributed by atoms with van der Waals surface area (Å²) in [6, 6.07) is 47.5. The smallest absolute Gasteiger partial charge is 0.307 e. The Kier molecular flexibility index (Phi) is 16.0. The summed E-state index contributed by atoms with van der Waals surface area (Å²) in [5, 5.41) is 3.65. The number of benzene rings is 5. The molecule has 6 atom stereocenters. The molecular weight excluding hydrogens is 707 g/mol. The Labute approximate surface area is 330 Å². The second-order valence-electron chi connectivity index (χ2n) is 13.8. The van der Waals surface area contributed by atoms with E-state index in [1.165, 1.54) is 0 Å². The topological polar surface area (TPSA) is 93.7 Å². The van der Waals surface area contributed by atoms with Crippen molar-refractivity contribution in [2.24, 2.45) is 0 Å². The third-order valence-electron chi connectivity index (χ3n) is 9.74. The fourth-order valence-corrected chi connectivity index (χ4v) is 6.85. The number of carbonyl (C=O) groups is 1. The number of nitrogens with one attached hydrogen (secondary N) is 1. The number of hydrogen-bond donors (Lipinski definition) is 1. The lowest BCUT2D eigenvalue weighted by molar-refractivity contribution is -0.277. The van der Waals surface area contributed by atoms with Gasteiger partial charge in [-0.2, -0.15) is 0 Å². The Morgan fingerprint density at radius 3 is 1.59 bits per heavy atom. The van der Waals surface area contributed by atoms with Crippen molar-refractivity contribution in [3.63, 3.8) is 0 Å². The summed E-state index contributed by atoms with van der Waals surface area (Å²) >= 11 is 0. The van der Waals surface area contributed by atoms with Crippen molar-refractivity contribution in [3.8, 4) is 5.75 Å². The normalized spacial score (nSPS) is 19.9. The fourth-order valence-electron chi connectivity index (χ4n) is 6.85. The van der Waals surface area contributed by atoms with Gasteiger partial charge in [-0.3, -0.25) is 4.79 Å². The van der Waals surface area contributed by atoms with Gasteiger partial charge < -0.3 is 38.5 Å². The number of ether oxygens (including phenoxy) is 7. The molecule has 0 aromatic heterocycles. The van der Waals surface area contributed by atoms with E-state index in [2.05, 4.69) is 5.32 Å². The van der Waals surface area contributed by atoms with Gasteiger partial charge in [0.05, 0.1) is 53.2 Å². The summed E-state index contributed by atoms with van der Waals surface area (Å²) in [5.41, 5.74) is 5.08. The quantitative estimate of drug-likeness (QED) is 0.0752. The van der Waals surface area contributed by atoms with Crippen LogP contribution in [0.25, 0.3) is 0 Å². The van der Waals surface area contributed by atoms with Crippen LogP contribution in [0, 0.1) is 0 Å². The van der Waals surface area contributed by atoms with Crippen molar-refractivity contribution in [3.05, 3.63) is 173 Å². The van der Waals surface area contributed by atoms with E-state index in [1.54, 1.807) is 7.11 Å². The molecule has 56 heavy (non-hydrogen) atoms. The van der Waals surface area contributed by atoms with Crippen molar-refractivity contribution in [1.82, 2.24) is 5.32 Å². The number of esters is 1. The third-order valence-corrected chi connectivity index (χ3v) is 9.74. The highest BCUT2D eigenvalue weighted by Gasteiger charge is 2.51. The maximum absolute atomic E-state index is 13.3. The molecule has 294 valence electrons. The number of methoxy groups -OCH3 is 1. The van der Waals surface area contributed by atoms with Gasteiger partial charge in [0.15, 0.2) is 0 Å². The molecule has 5 aromatic rings. The van der Waals surface area contributed by atoms with E-state index in [9.17, 15) is 4.79 Å². The Morgan fingerprint density at radius 1 is 0.607 bits per heavy atom. The lowest BCUT2D eigenvalue weighted by Gasteiger charge is -2.48. The molecule has 0 radical (unpaired) electrons. The van der Waals surface area contributed by atoms with Gasteiger partial charge in [0, 0.05) is 12.6 Å². The van der Waals surface area contributed by atoms with Crippen LogP contribution in [0.3, 0.4) is 0 Å². The van der Waals surface area contributed by atoms with Crippen LogP contribution in [0.15, 0.2) is 146 Å². The van der Waals surface area contributed by atoms with Crippen LogP contribution < -0.4 is 10.1 Å². The minimum absolute atomic E-state index is 0.0401. The molecule has 5 aromatic carbocycles. The van der Waals surface area contributed by atoms with Gasteiger partial charge in [-0.1, -0.05) is 133 Å². The van der Waals surface area contributed by atoms with E-state index in [1.807, 2.05) is 153 Å². The van der Waals surface area contributed by atoms with Crippen molar-refractivity contribution in [1.29, 1.82) is 0 Å². The van der Waals surface area contributed by atoms with Gasteiger partial charge in [0.1, 0.15) is 36.3 Å². The molecular formula is C47H53NO8. The van der Waals surface area contributed by atoms with E-state index in [4.69, 9.17) is 33.2 Å². The average Bonchev–Trinajstić information content (AvgIpc) is 3.25. The van der Waals surface area contributed by atoms with Gasteiger partial charge in [0.2, 0.25) is 0 Å². The van der Waals surface area contributed by atoms with Crippen LogP contribution in [0.5, 0.6) is 5.75 Å². The molecule has 9 nitrogen and oxygen atoms in total. The van der Waals surface area contributed by atoms with Crippen LogP contribution in [0.2, 0.25) is 0 Å². The van der Waals surface area contributed by atoms with Gasteiger partial charge in [-0.25, -0.2) is 0 Å².